The maximum atomic E-state index is 12.6. The fraction of sp³-hybridized carbons (Fsp3) is 0.263. The Labute approximate surface area is 150 Å². The largest absolute Gasteiger partial charge is 0.494 e. The summed E-state index contributed by atoms with van der Waals surface area (Å²) >= 11 is 1.43. The van der Waals surface area contributed by atoms with E-state index in [1.54, 1.807) is 12.1 Å². The van der Waals surface area contributed by atoms with Gasteiger partial charge in [-0.3, -0.25) is 4.79 Å². The Kier molecular flexibility index (Phi) is 4.90. The highest BCUT2D eigenvalue weighted by atomic mass is 32.1. The number of nitrogens with two attached hydrogens (primary N) is 1. The maximum absolute atomic E-state index is 12.6. The van der Waals surface area contributed by atoms with E-state index in [2.05, 4.69) is 17.2 Å². The molecule has 0 spiro atoms. The minimum atomic E-state index is -0.148. The summed E-state index contributed by atoms with van der Waals surface area (Å²) in [5.41, 5.74) is 10.0. The van der Waals surface area contributed by atoms with Crippen molar-refractivity contribution in [2.75, 3.05) is 17.7 Å². The molecular weight excluding hydrogens is 334 g/mol. The van der Waals surface area contributed by atoms with Crippen LogP contribution >= 0.6 is 11.3 Å². The third kappa shape index (κ3) is 3.58. The van der Waals surface area contributed by atoms with Gasteiger partial charge in [-0.15, -0.1) is 0 Å². The zero-order valence-electron chi connectivity index (χ0n) is 14.6. The molecule has 0 aliphatic carbocycles. The first-order valence-corrected chi connectivity index (χ1v) is 9.01. The molecule has 6 heteroatoms. The number of thiazole rings is 1. The lowest BCUT2D eigenvalue weighted by atomic mass is 10.1. The van der Waals surface area contributed by atoms with Crippen LogP contribution in [0.25, 0.3) is 10.2 Å². The van der Waals surface area contributed by atoms with E-state index in [0.717, 1.165) is 39.2 Å². The highest BCUT2D eigenvalue weighted by molar-refractivity contribution is 7.22. The van der Waals surface area contributed by atoms with E-state index < -0.39 is 0 Å². The number of nitrogen functional groups attached to an aromatic ring is 1. The molecule has 3 N–H and O–H groups in total. The zero-order valence-corrected chi connectivity index (χ0v) is 15.4. The number of carbonyl (C=O) groups excluding carboxylic acids is 1. The SMILES string of the molecule is CCCOc1ccc(C(=O)Nc2c(C)cc3nc(N)sc3c2C)cc1. The Morgan fingerprint density at radius 3 is 2.68 bits per heavy atom. The number of anilines is 2. The molecule has 0 aliphatic heterocycles. The number of aryl methyl sites for hydroxylation is 2. The smallest absolute Gasteiger partial charge is 0.255 e. The highest BCUT2D eigenvalue weighted by Gasteiger charge is 2.15. The number of amides is 1. The summed E-state index contributed by atoms with van der Waals surface area (Å²) in [6, 6.07) is 9.13. The topological polar surface area (TPSA) is 77.2 Å². The number of nitrogens with zero attached hydrogens (tertiary/aromatic N) is 1. The molecule has 5 nitrogen and oxygen atoms in total. The number of rotatable bonds is 5. The Morgan fingerprint density at radius 1 is 1.28 bits per heavy atom. The third-order valence-corrected chi connectivity index (χ3v) is 4.98. The molecule has 3 rings (SSSR count). The van der Waals surface area contributed by atoms with Gasteiger partial charge in [-0.25, -0.2) is 4.98 Å². The van der Waals surface area contributed by atoms with Gasteiger partial charge in [-0.1, -0.05) is 18.3 Å². The minimum absolute atomic E-state index is 0.148. The van der Waals surface area contributed by atoms with Crippen molar-refractivity contribution in [3.63, 3.8) is 0 Å². The maximum Gasteiger partial charge on any atom is 0.255 e. The van der Waals surface area contributed by atoms with Gasteiger partial charge >= 0.3 is 0 Å². The van der Waals surface area contributed by atoms with Crippen LogP contribution in [0.2, 0.25) is 0 Å². The van der Waals surface area contributed by atoms with E-state index in [1.807, 2.05) is 32.0 Å². The summed E-state index contributed by atoms with van der Waals surface area (Å²) in [7, 11) is 0. The van der Waals surface area contributed by atoms with Crippen LogP contribution in [0.15, 0.2) is 30.3 Å². The van der Waals surface area contributed by atoms with Crippen LogP contribution in [0, 0.1) is 13.8 Å². The molecule has 130 valence electrons. The monoisotopic (exact) mass is 355 g/mol. The molecule has 0 unspecified atom stereocenters. The van der Waals surface area contributed by atoms with Crippen LogP contribution in [0.5, 0.6) is 5.75 Å². The predicted molar refractivity (Wildman–Crippen MR) is 104 cm³/mol. The molecule has 2 aromatic carbocycles. The summed E-state index contributed by atoms with van der Waals surface area (Å²) in [5, 5.41) is 3.55. The summed E-state index contributed by atoms with van der Waals surface area (Å²) in [6.45, 7) is 6.66. The van der Waals surface area contributed by atoms with Crippen LogP contribution in [-0.2, 0) is 0 Å². The van der Waals surface area contributed by atoms with Crippen molar-refractivity contribution in [3.8, 4) is 5.75 Å². The average molecular weight is 355 g/mol. The number of nitrogens with one attached hydrogen (secondary N) is 1. The van der Waals surface area contributed by atoms with Crippen LogP contribution in [-0.4, -0.2) is 17.5 Å². The molecule has 0 saturated carbocycles. The van der Waals surface area contributed by atoms with Gasteiger partial charge in [0.2, 0.25) is 0 Å². The minimum Gasteiger partial charge on any atom is -0.494 e. The number of carbonyl (C=O) groups is 1. The van der Waals surface area contributed by atoms with Crippen LogP contribution in [0.3, 0.4) is 0 Å². The quantitative estimate of drug-likeness (QED) is 0.704. The Bertz CT molecular complexity index is 917. The number of benzene rings is 2. The Hall–Kier alpha value is -2.60. The van der Waals surface area contributed by atoms with E-state index in [4.69, 9.17) is 10.5 Å². The lowest BCUT2D eigenvalue weighted by Crippen LogP contribution is -2.13. The number of aromatic nitrogens is 1. The number of hydrogen-bond acceptors (Lipinski definition) is 5. The molecule has 1 aromatic heterocycles. The Morgan fingerprint density at radius 2 is 2.00 bits per heavy atom. The van der Waals surface area contributed by atoms with Crippen molar-refractivity contribution in [2.24, 2.45) is 0 Å². The van der Waals surface area contributed by atoms with E-state index in [1.165, 1.54) is 11.3 Å². The van der Waals surface area contributed by atoms with Crippen molar-refractivity contribution in [1.29, 1.82) is 0 Å². The molecule has 1 heterocycles. The lowest BCUT2D eigenvalue weighted by molar-refractivity contribution is 0.102. The van der Waals surface area contributed by atoms with Crippen molar-refractivity contribution < 1.29 is 9.53 Å². The summed E-state index contributed by atoms with van der Waals surface area (Å²) in [4.78, 5) is 16.9. The molecule has 0 fully saturated rings. The molecule has 0 radical (unpaired) electrons. The fourth-order valence-corrected chi connectivity index (χ4v) is 3.52. The summed E-state index contributed by atoms with van der Waals surface area (Å²) in [5.74, 6) is 0.623. The van der Waals surface area contributed by atoms with Gasteiger partial charge in [0, 0.05) is 11.3 Å². The lowest BCUT2D eigenvalue weighted by Gasteiger charge is -2.13. The van der Waals surface area contributed by atoms with Gasteiger partial charge in [-0.2, -0.15) is 0 Å². The van der Waals surface area contributed by atoms with Gasteiger partial charge < -0.3 is 15.8 Å². The standard InChI is InChI=1S/C19H21N3O2S/c1-4-9-24-14-7-5-13(6-8-14)18(23)22-16-11(2)10-15-17(12(16)3)25-19(20)21-15/h5-8,10H,4,9H2,1-3H3,(H2,20,21)(H,22,23). The van der Waals surface area contributed by atoms with Crippen molar-refractivity contribution in [1.82, 2.24) is 4.98 Å². The van der Waals surface area contributed by atoms with Gasteiger partial charge in [0.1, 0.15) is 5.75 Å². The molecule has 0 aliphatic rings. The van der Waals surface area contributed by atoms with Gasteiger partial charge in [0.05, 0.1) is 16.8 Å². The van der Waals surface area contributed by atoms with Crippen molar-refractivity contribution >= 4 is 38.3 Å². The van der Waals surface area contributed by atoms with E-state index in [9.17, 15) is 4.79 Å². The molecule has 1 amide bonds. The summed E-state index contributed by atoms with van der Waals surface area (Å²) < 4.78 is 6.55. The predicted octanol–water partition coefficient (Wildman–Crippen LogP) is 4.54. The number of fused-ring (bicyclic) bond motifs is 1. The van der Waals surface area contributed by atoms with E-state index in [-0.39, 0.29) is 5.91 Å². The molecule has 3 aromatic rings. The first-order valence-electron chi connectivity index (χ1n) is 8.20. The first-order chi connectivity index (χ1) is 12.0. The number of ether oxygens (including phenoxy) is 1. The Balaban J connectivity index is 1.84. The molecule has 25 heavy (non-hydrogen) atoms. The third-order valence-electron chi connectivity index (χ3n) is 3.96. The second-order valence-electron chi connectivity index (χ2n) is 5.92. The van der Waals surface area contributed by atoms with E-state index >= 15 is 0 Å². The molecule has 0 saturated heterocycles. The molecule has 0 atom stereocenters. The molecule has 0 bridgehead atoms. The van der Waals surface area contributed by atoms with Crippen LogP contribution < -0.4 is 15.8 Å². The highest BCUT2D eigenvalue weighted by Crippen LogP contribution is 2.34. The van der Waals surface area contributed by atoms with Gasteiger partial charge in [0.25, 0.3) is 5.91 Å². The van der Waals surface area contributed by atoms with Crippen molar-refractivity contribution in [2.45, 2.75) is 27.2 Å². The normalized spacial score (nSPS) is 10.8. The zero-order chi connectivity index (χ0) is 18.0. The van der Waals surface area contributed by atoms with E-state index in [0.29, 0.717) is 17.3 Å². The first kappa shape index (κ1) is 17.2. The molecular formula is C19H21N3O2S. The van der Waals surface area contributed by atoms with Gasteiger partial charge in [-0.05, 0) is 61.7 Å². The second-order valence-corrected chi connectivity index (χ2v) is 6.95. The van der Waals surface area contributed by atoms with Gasteiger partial charge in [0.15, 0.2) is 5.13 Å². The summed E-state index contributed by atoms with van der Waals surface area (Å²) in [6.07, 6.45) is 0.950. The number of hydrogen-bond donors (Lipinski definition) is 2. The van der Waals surface area contributed by atoms with Crippen molar-refractivity contribution in [3.05, 3.63) is 47.0 Å². The average Bonchev–Trinajstić information content (AvgIpc) is 2.97. The van der Waals surface area contributed by atoms with Crippen LogP contribution in [0.4, 0.5) is 10.8 Å². The van der Waals surface area contributed by atoms with Crippen LogP contribution in [0.1, 0.15) is 34.8 Å². The second kappa shape index (κ2) is 7.11. The fourth-order valence-electron chi connectivity index (χ4n) is 2.70.